The third kappa shape index (κ3) is 3.69. The molecule has 112 valence electrons. The molecule has 2 aromatic rings. The highest BCUT2D eigenvalue weighted by atomic mass is 35.5. The molecule has 21 heavy (non-hydrogen) atoms. The first kappa shape index (κ1) is 15.7. The van der Waals surface area contributed by atoms with Crippen LogP contribution in [0, 0.1) is 6.92 Å². The van der Waals surface area contributed by atoms with Crippen LogP contribution in [0.3, 0.4) is 0 Å². The van der Waals surface area contributed by atoms with E-state index in [2.05, 4.69) is 6.07 Å². The molecule has 0 aromatic heterocycles. The van der Waals surface area contributed by atoms with Gasteiger partial charge in [0, 0.05) is 5.92 Å². The number of phenols is 1. The van der Waals surface area contributed by atoms with Gasteiger partial charge in [-0.3, -0.25) is 0 Å². The van der Waals surface area contributed by atoms with Crippen LogP contribution >= 0.6 is 11.6 Å². The average Bonchev–Trinajstić information content (AvgIpc) is 2.48. The van der Waals surface area contributed by atoms with Crippen molar-refractivity contribution in [3.63, 3.8) is 0 Å². The van der Waals surface area contributed by atoms with E-state index in [0.29, 0.717) is 11.6 Å². The number of nitrogens with two attached hydrogens (primary N) is 1. The molecular weight excluding hydrogens is 286 g/mol. The number of aromatic hydroxyl groups is 1. The van der Waals surface area contributed by atoms with Crippen LogP contribution in [0.5, 0.6) is 11.5 Å². The summed E-state index contributed by atoms with van der Waals surface area (Å²) >= 11 is 5.96. The van der Waals surface area contributed by atoms with E-state index in [-0.39, 0.29) is 11.7 Å². The minimum absolute atomic E-state index is 0.0952. The predicted molar refractivity (Wildman–Crippen MR) is 86.3 cm³/mol. The molecule has 3 N–H and O–H groups in total. The molecule has 1 atom stereocenters. The van der Waals surface area contributed by atoms with Crippen LogP contribution < -0.4 is 10.5 Å². The second-order valence-corrected chi connectivity index (χ2v) is 5.58. The SMILES string of the molecule is COc1ccc(C)cc1C(CN)Cc1ccc(O)c(Cl)c1. The van der Waals surface area contributed by atoms with Gasteiger partial charge >= 0.3 is 0 Å². The van der Waals surface area contributed by atoms with Gasteiger partial charge < -0.3 is 15.6 Å². The first-order valence-corrected chi connectivity index (χ1v) is 7.25. The Hall–Kier alpha value is -1.71. The standard InChI is InChI=1S/C17H20ClNO2/c1-11-3-6-17(21-2)14(7-11)13(10-19)8-12-4-5-16(20)15(18)9-12/h3-7,9,13,20H,8,10,19H2,1-2H3. The summed E-state index contributed by atoms with van der Waals surface area (Å²) in [5, 5.41) is 9.85. The molecule has 2 aromatic carbocycles. The molecule has 0 aliphatic heterocycles. The minimum atomic E-state index is 0.0952. The number of phenolic OH excluding ortho intramolecular Hbond substituents is 1. The highest BCUT2D eigenvalue weighted by Gasteiger charge is 2.16. The average molecular weight is 306 g/mol. The van der Waals surface area contributed by atoms with Gasteiger partial charge in [-0.1, -0.05) is 35.4 Å². The van der Waals surface area contributed by atoms with Gasteiger partial charge in [0.15, 0.2) is 0 Å². The quantitative estimate of drug-likeness (QED) is 0.886. The Kier molecular flexibility index (Phi) is 5.10. The van der Waals surface area contributed by atoms with Crippen molar-refractivity contribution in [1.29, 1.82) is 0 Å². The summed E-state index contributed by atoms with van der Waals surface area (Å²) in [5.74, 6) is 1.08. The number of hydrogen-bond acceptors (Lipinski definition) is 3. The zero-order valence-electron chi connectivity index (χ0n) is 12.3. The molecule has 0 aliphatic rings. The van der Waals surface area contributed by atoms with Crippen LogP contribution in [0.2, 0.25) is 5.02 Å². The smallest absolute Gasteiger partial charge is 0.134 e. The van der Waals surface area contributed by atoms with Crippen molar-refractivity contribution in [2.45, 2.75) is 19.3 Å². The van der Waals surface area contributed by atoms with E-state index in [4.69, 9.17) is 22.1 Å². The molecule has 0 bridgehead atoms. The molecule has 2 rings (SSSR count). The molecule has 0 radical (unpaired) electrons. The van der Waals surface area contributed by atoms with Gasteiger partial charge in [0.05, 0.1) is 12.1 Å². The number of ether oxygens (including phenoxy) is 1. The van der Waals surface area contributed by atoms with Crippen molar-refractivity contribution in [3.8, 4) is 11.5 Å². The fraction of sp³-hybridized carbons (Fsp3) is 0.294. The van der Waals surface area contributed by atoms with Crippen LogP contribution in [0.25, 0.3) is 0 Å². The summed E-state index contributed by atoms with van der Waals surface area (Å²) in [6.07, 6.45) is 0.746. The maximum Gasteiger partial charge on any atom is 0.134 e. The molecule has 0 amide bonds. The number of methoxy groups -OCH3 is 1. The summed E-state index contributed by atoms with van der Waals surface area (Å²) in [6.45, 7) is 2.56. The zero-order valence-corrected chi connectivity index (χ0v) is 13.0. The Morgan fingerprint density at radius 2 is 2.00 bits per heavy atom. The maximum absolute atomic E-state index is 9.49. The maximum atomic E-state index is 9.49. The predicted octanol–water partition coefficient (Wildman–Crippen LogP) is 3.65. The van der Waals surface area contributed by atoms with Gasteiger partial charge in [-0.2, -0.15) is 0 Å². The molecule has 4 heteroatoms. The Bertz CT molecular complexity index is 628. The van der Waals surface area contributed by atoms with E-state index in [9.17, 15) is 5.11 Å². The van der Waals surface area contributed by atoms with Gasteiger partial charge in [0.1, 0.15) is 11.5 Å². The zero-order chi connectivity index (χ0) is 15.4. The molecule has 0 fully saturated rings. The van der Waals surface area contributed by atoms with E-state index in [1.54, 1.807) is 19.2 Å². The van der Waals surface area contributed by atoms with Gasteiger partial charge in [0.2, 0.25) is 0 Å². The lowest BCUT2D eigenvalue weighted by Crippen LogP contribution is -2.16. The lowest BCUT2D eigenvalue weighted by Gasteiger charge is -2.19. The highest BCUT2D eigenvalue weighted by Crippen LogP contribution is 2.31. The first-order chi connectivity index (χ1) is 10.0. The van der Waals surface area contributed by atoms with E-state index < -0.39 is 0 Å². The lowest BCUT2D eigenvalue weighted by molar-refractivity contribution is 0.405. The Balaban J connectivity index is 2.31. The summed E-state index contributed by atoms with van der Waals surface area (Å²) < 4.78 is 5.44. The third-order valence-electron chi connectivity index (χ3n) is 3.60. The fourth-order valence-electron chi connectivity index (χ4n) is 2.45. The first-order valence-electron chi connectivity index (χ1n) is 6.87. The van der Waals surface area contributed by atoms with Crippen molar-refractivity contribution in [3.05, 3.63) is 58.1 Å². The van der Waals surface area contributed by atoms with Crippen LogP contribution in [-0.2, 0) is 6.42 Å². The summed E-state index contributed by atoms with van der Waals surface area (Å²) in [4.78, 5) is 0. The number of hydrogen-bond donors (Lipinski definition) is 2. The van der Waals surface area contributed by atoms with E-state index in [0.717, 1.165) is 23.3 Å². The molecule has 0 saturated carbocycles. The number of halogens is 1. The second-order valence-electron chi connectivity index (χ2n) is 5.17. The van der Waals surface area contributed by atoms with Crippen LogP contribution in [-0.4, -0.2) is 18.8 Å². The van der Waals surface area contributed by atoms with Crippen LogP contribution in [0.1, 0.15) is 22.6 Å². The third-order valence-corrected chi connectivity index (χ3v) is 3.91. The molecule has 0 saturated heterocycles. The Labute approximate surface area is 130 Å². The second kappa shape index (κ2) is 6.83. The van der Waals surface area contributed by atoms with Gasteiger partial charge in [-0.25, -0.2) is 0 Å². The summed E-state index contributed by atoms with van der Waals surface area (Å²) in [5.41, 5.74) is 9.27. The monoisotopic (exact) mass is 305 g/mol. The number of aryl methyl sites for hydroxylation is 1. The highest BCUT2D eigenvalue weighted by molar-refractivity contribution is 6.32. The lowest BCUT2D eigenvalue weighted by atomic mass is 9.90. The van der Waals surface area contributed by atoms with Gasteiger partial charge in [-0.05, 0) is 49.2 Å². The molecule has 0 heterocycles. The molecule has 1 unspecified atom stereocenters. The topological polar surface area (TPSA) is 55.5 Å². The number of benzene rings is 2. The largest absolute Gasteiger partial charge is 0.506 e. The van der Waals surface area contributed by atoms with Gasteiger partial charge in [0.25, 0.3) is 0 Å². The van der Waals surface area contributed by atoms with E-state index in [1.165, 1.54) is 5.56 Å². The number of rotatable bonds is 5. The normalized spacial score (nSPS) is 12.2. The van der Waals surface area contributed by atoms with Gasteiger partial charge in [-0.15, -0.1) is 0 Å². The molecule has 0 aliphatic carbocycles. The molecular formula is C17H20ClNO2. The molecule has 0 spiro atoms. The van der Waals surface area contributed by atoms with Crippen LogP contribution in [0.15, 0.2) is 36.4 Å². The van der Waals surface area contributed by atoms with Crippen molar-refractivity contribution in [2.75, 3.05) is 13.7 Å². The van der Waals surface area contributed by atoms with Crippen LogP contribution in [0.4, 0.5) is 0 Å². The van der Waals surface area contributed by atoms with Crippen molar-refractivity contribution < 1.29 is 9.84 Å². The van der Waals surface area contributed by atoms with E-state index in [1.807, 2.05) is 25.1 Å². The Morgan fingerprint density at radius 3 is 2.62 bits per heavy atom. The minimum Gasteiger partial charge on any atom is -0.506 e. The van der Waals surface area contributed by atoms with Crippen molar-refractivity contribution in [1.82, 2.24) is 0 Å². The Morgan fingerprint density at radius 1 is 1.24 bits per heavy atom. The summed E-state index contributed by atoms with van der Waals surface area (Å²) in [7, 11) is 1.67. The van der Waals surface area contributed by atoms with E-state index >= 15 is 0 Å². The fourth-order valence-corrected chi connectivity index (χ4v) is 2.66. The van der Waals surface area contributed by atoms with Crippen molar-refractivity contribution >= 4 is 11.6 Å². The molecule has 3 nitrogen and oxygen atoms in total. The van der Waals surface area contributed by atoms with Crippen molar-refractivity contribution in [2.24, 2.45) is 5.73 Å². The summed E-state index contributed by atoms with van der Waals surface area (Å²) in [6, 6.07) is 11.4.